The van der Waals surface area contributed by atoms with E-state index in [2.05, 4.69) is 51.2 Å². The highest BCUT2D eigenvalue weighted by molar-refractivity contribution is 6.02. The number of fused-ring (bicyclic) bond motifs is 1. The largest absolute Gasteiger partial charge is 0.480 e. The Balaban J connectivity index is 1.14. The quantitative estimate of drug-likeness (QED) is 0.0516. The van der Waals surface area contributed by atoms with Crippen LogP contribution >= 0.6 is 0 Å². The van der Waals surface area contributed by atoms with E-state index >= 15 is 0 Å². The van der Waals surface area contributed by atoms with Crippen molar-refractivity contribution in [3.05, 3.63) is 59.4 Å². The zero-order valence-electron chi connectivity index (χ0n) is 24.3. The number of anilines is 5. The van der Waals surface area contributed by atoms with Crippen molar-refractivity contribution in [3.63, 3.8) is 0 Å². The lowest BCUT2D eigenvalue weighted by Crippen LogP contribution is -2.40. The lowest BCUT2D eigenvalue weighted by atomic mass is 9.97. The molecule has 0 bridgehead atoms. The van der Waals surface area contributed by atoms with E-state index in [4.69, 9.17) is 22.9 Å². The zero-order chi connectivity index (χ0) is 32.8. The molecule has 2 aromatic carbocycles. The molecule has 0 saturated carbocycles. The molecule has 0 aliphatic rings. The highest BCUT2D eigenvalue weighted by Crippen LogP contribution is 2.25. The summed E-state index contributed by atoms with van der Waals surface area (Å²) in [5.41, 5.74) is 26.8. The summed E-state index contributed by atoms with van der Waals surface area (Å²) in [4.78, 5) is 54.2. The number of unbranched alkanes of at least 4 members (excludes halogenated alkanes) is 1. The van der Waals surface area contributed by atoms with Crippen LogP contribution in [0.3, 0.4) is 0 Å². The molecular weight excluding hydrogens is 596 g/mol. The molecule has 5 aromatic rings. The van der Waals surface area contributed by atoms with Gasteiger partial charge in [0.05, 0.1) is 29.8 Å². The van der Waals surface area contributed by atoms with Crippen LogP contribution in [-0.2, 0) is 11.3 Å². The van der Waals surface area contributed by atoms with E-state index in [9.17, 15) is 19.5 Å². The van der Waals surface area contributed by atoms with E-state index < -0.39 is 17.9 Å². The van der Waals surface area contributed by atoms with Crippen molar-refractivity contribution in [2.75, 3.05) is 28.3 Å². The summed E-state index contributed by atoms with van der Waals surface area (Å²) < 4.78 is 0. The molecule has 0 aliphatic heterocycles. The van der Waals surface area contributed by atoms with E-state index in [0.717, 1.165) is 0 Å². The molecule has 5 rings (SSSR count). The number of nitrogens with two attached hydrogens (primary N) is 4. The molecule has 0 aliphatic carbocycles. The van der Waals surface area contributed by atoms with Gasteiger partial charge in [0.25, 0.3) is 5.91 Å². The van der Waals surface area contributed by atoms with Gasteiger partial charge in [-0.05, 0) is 54.5 Å². The fourth-order valence-electron chi connectivity index (χ4n) is 4.65. The van der Waals surface area contributed by atoms with Crippen LogP contribution < -0.4 is 33.6 Å². The summed E-state index contributed by atoms with van der Waals surface area (Å²) in [5, 5.41) is 29.1. The molecule has 236 valence electrons. The van der Waals surface area contributed by atoms with Crippen LogP contribution in [0.4, 0.5) is 28.8 Å². The smallest absolute Gasteiger partial charge is 0.326 e. The van der Waals surface area contributed by atoms with Gasteiger partial charge in [-0.2, -0.15) is 15.2 Å². The molecule has 0 unspecified atom stereocenters. The summed E-state index contributed by atoms with van der Waals surface area (Å²) in [6.45, 7) is 0.225. The molecule has 0 spiro atoms. The number of carbonyl (C=O) groups excluding carboxylic acids is 2. The third-order valence-corrected chi connectivity index (χ3v) is 6.96. The first-order valence-electron chi connectivity index (χ1n) is 14.0. The van der Waals surface area contributed by atoms with Crippen LogP contribution in [0.25, 0.3) is 22.6 Å². The molecule has 3 aromatic heterocycles. The van der Waals surface area contributed by atoms with Crippen LogP contribution in [0.15, 0.2) is 42.6 Å². The van der Waals surface area contributed by atoms with E-state index in [-0.39, 0.29) is 59.7 Å². The first-order chi connectivity index (χ1) is 22.1. The van der Waals surface area contributed by atoms with Gasteiger partial charge in [0.15, 0.2) is 22.8 Å². The lowest BCUT2D eigenvalue weighted by molar-refractivity contribution is -0.139. The number of aromatic amines is 1. The molecule has 1 amide bonds. The van der Waals surface area contributed by atoms with E-state index in [1.165, 1.54) is 18.3 Å². The standard InChI is InChI=1S/C28H30N14O4/c29-14-6-7-16(17(10-14)24-39-41-42-40-24)21(43)4-2-1-3-20(27(45)46)36-26(44)13-5-8-19(18(30)9-13)33-11-15-12-34-25-22(35-15)23(31)37-28(32)38-25/h5-10,12,20,33H,1-4,11,29-30H2,(H,36,44)(H,45,46)(H,39,40,41,42)(H4,31,32,34,37,38)/t20-/m0/s1. The van der Waals surface area contributed by atoms with Gasteiger partial charge in [-0.25, -0.2) is 14.8 Å². The van der Waals surface area contributed by atoms with Crippen molar-refractivity contribution in [2.45, 2.75) is 38.3 Å². The van der Waals surface area contributed by atoms with Gasteiger partial charge in [-0.1, -0.05) is 6.42 Å². The molecular formula is C28H30N14O4. The molecule has 18 nitrogen and oxygen atoms in total. The number of ketones is 1. The zero-order valence-corrected chi connectivity index (χ0v) is 24.3. The van der Waals surface area contributed by atoms with Gasteiger partial charge in [-0.15, -0.1) is 10.2 Å². The summed E-state index contributed by atoms with van der Waals surface area (Å²) in [6.07, 6.45) is 2.51. The fourth-order valence-corrected chi connectivity index (χ4v) is 4.65. The van der Waals surface area contributed by atoms with Crippen LogP contribution in [0.2, 0.25) is 0 Å². The van der Waals surface area contributed by atoms with Crippen molar-refractivity contribution < 1.29 is 19.5 Å². The van der Waals surface area contributed by atoms with Crippen molar-refractivity contribution >= 4 is 57.7 Å². The Bertz CT molecular complexity index is 1910. The number of benzene rings is 2. The number of nitrogens with one attached hydrogen (secondary N) is 3. The number of H-pyrrole nitrogens is 1. The summed E-state index contributed by atoms with van der Waals surface area (Å²) in [6, 6.07) is 8.16. The normalized spacial score (nSPS) is 11.7. The van der Waals surface area contributed by atoms with Crippen LogP contribution in [0.1, 0.15) is 52.1 Å². The van der Waals surface area contributed by atoms with Crippen molar-refractivity contribution in [1.82, 2.24) is 45.9 Å². The Labute approximate surface area is 260 Å². The lowest BCUT2D eigenvalue weighted by Gasteiger charge is -2.16. The van der Waals surface area contributed by atoms with Crippen LogP contribution in [0.5, 0.6) is 0 Å². The van der Waals surface area contributed by atoms with Gasteiger partial charge in [0.2, 0.25) is 11.8 Å². The predicted octanol–water partition coefficient (Wildman–Crippen LogP) is 1.17. The SMILES string of the molecule is Nc1ccc(C(=O)CCCC[C@H](NC(=O)c2ccc(NCc3cnc4nc(N)nc(N)c4n3)c(N)c2)C(=O)O)c(-c2nn[nH]n2)c1. The number of tetrazole rings is 1. The maximum atomic E-state index is 12.9. The third kappa shape index (κ3) is 7.18. The van der Waals surface area contributed by atoms with Crippen molar-refractivity contribution in [1.29, 1.82) is 0 Å². The van der Waals surface area contributed by atoms with Gasteiger partial charge in [-0.3, -0.25) is 9.59 Å². The van der Waals surface area contributed by atoms with Crippen molar-refractivity contribution in [3.8, 4) is 11.4 Å². The molecule has 12 N–H and O–H groups in total. The second kappa shape index (κ2) is 13.5. The third-order valence-electron chi connectivity index (χ3n) is 6.96. The Morgan fingerprint density at radius 3 is 2.54 bits per heavy atom. The number of carboxylic acids is 1. The molecule has 0 saturated heterocycles. The van der Waals surface area contributed by atoms with E-state index in [0.29, 0.717) is 46.6 Å². The fraction of sp³-hybridized carbons (Fsp3) is 0.214. The highest BCUT2D eigenvalue weighted by atomic mass is 16.4. The predicted molar refractivity (Wildman–Crippen MR) is 168 cm³/mol. The summed E-state index contributed by atoms with van der Waals surface area (Å²) in [7, 11) is 0. The van der Waals surface area contributed by atoms with Gasteiger partial charge < -0.3 is 38.7 Å². The number of rotatable bonds is 13. The Kier molecular flexibility index (Phi) is 9.06. The first-order valence-corrected chi connectivity index (χ1v) is 14.0. The monoisotopic (exact) mass is 626 g/mol. The van der Waals surface area contributed by atoms with E-state index in [1.807, 2.05) is 0 Å². The maximum Gasteiger partial charge on any atom is 0.326 e. The highest BCUT2D eigenvalue weighted by Gasteiger charge is 2.22. The number of hydrogen-bond acceptors (Lipinski definition) is 15. The minimum atomic E-state index is -1.20. The minimum absolute atomic E-state index is 0.00401. The molecule has 46 heavy (non-hydrogen) atoms. The number of amides is 1. The number of carbonyl (C=O) groups is 3. The second-order valence-corrected chi connectivity index (χ2v) is 10.2. The Morgan fingerprint density at radius 1 is 0.978 bits per heavy atom. The molecule has 18 heteroatoms. The first kappa shape index (κ1) is 31.0. The van der Waals surface area contributed by atoms with Crippen LogP contribution in [0, 0.1) is 0 Å². The van der Waals surface area contributed by atoms with E-state index in [1.54, 1.807) is 24.3 Å². The molecule has 0 fully saturated rings. The number of carboxylic acid groups (broad SMARTS) is 1. The van der Waals surface area contributed by atoms with Crippen molar-refractivity contribution in [2.24, 2.45) is 0 Å². The topological polar surface area (TPSA) is 306 Å². The van der Waals surface area contributed by atoms with Gasteiger partial charge in [0.1, 0.15) is 6.04 Å². The number of Topliss-reactive ketones (excluding diaryl/α,β-unsaturated/α-hetero) is 1. The van der Waals surface area contributed by atoms with Gasteiger partial charge >= 0.3 is 5.97 Å². The second-order valence-electron chi connectivity index (χ2n) is 10.2. The number of nitrogens with zero attached hydrogens (tertiary/aromatic N) is 7. The van der Waals surface area contributed by atoms with Gasteiger partial charge in [0, 0.05) is 28.8 Å². The number of aliphatic carboxylic acids is 1. The number of nitrogen functional groups attached to an aromatic ring is 4. The minimum Gasteiger partial charge on any atom is -0.480 e. The molecule has 0 radical (unpaired) electrons. The Hall–Kier alpha value is -6.46. The number of aromatic nitrogens is 8. The average Bonchev–Trinajstić information content (AvgIpc) is 3.57. The van der Waals surface area contributed by atoms with Crippen LogP contribution in [-0.4, -0.2) is 69.4 Å². The Morgan fingerprint density at radius 2 is 1.80 bits per heavy atom. The molecule has 1 atom stereocenters. The summed E-state index contributed by atoms with van der Waals surface area (Å²) >= 11 is 0. The maximum absolute atomic E-state index is 12.9. The number of hydrogen-bond donors (Lipinski definition) is 8. The average molecular weight is 627 g/mol. The molecule has 3 heterocycles. The summed E-state index contributed by atoms with van der Waals surface area (Å²) in [5.74, 6) is -1.65.